The summed E-state index contributed by atoms with van der Waals surface area (Å²) in [5.74, 6) is 0. The van der Waals surface area contributed by atoms with Gasteiger partial charge in [0.1, 0.15) is 4.47 Å². The van der Waals surface area contributed by atoms with E-state index in [0.29, 0.717) is 4.47 Å². The highest BCUT2D eigenvalue weighted by Crippen LogP contribution is 2.20. The fourth-order valence-electron chi connectivity index (χ4n) is 1.92. The molecule has 0 amide bonds. The summed E-state index contributed by atoms with van der Waals surface area (Å²) < 4.78 is 3.24. The number of nitrogens with zero attached hydrogens (tertiary/aromatic N) is 1. The molecule has 0 aliphatic rings. The van der Waals surface area contributed by atoms with Crippen molar-refractivity contribution in [2.75, 3.05) is 0 Å². The topological polar surface area (TPSA) is 37.8 Å². The Balaban J connectivity index is 2.57. The first kappa shape index (κ1) is 13.6. The smallest absolute Gasteiger partial charge is 0.285 e. The van der Waals surface area contributed by atoms with Crippen LogP contribution in [0, 0.1) is 6.92 Å². The van der Waals surface area contributed by atoms with Gasteiger partial charge in [0.25, 0.3) is 5.56 Å². The van der Waals surface area contributed by atoms with Gasteiger partial charge in [-0.25, -0.2) is 4.68 Å². The SMILES string of the molecule is CCCc1[nH]n(-c2ccc(Br)cc2C)c(=O)c1Br. The van der Waals surface area contributed by atoms with Crippen LogP contribution in [0.5, 0.6) is 0 Å². The number of halogens is 2. The zero-order chi connectivity index (χ0) is 13.3. The number of aryl methyl sites for hydroxylation is 2. The normalized spacial score (nSPS) is 10.9. The van der Waals surface area contributed by atoms with Gasteiger partial charge in [-0.05, 0) is 53.0 Å². The second-order valence-corrected chi connectivity index (χ2v) is 5.93. The molecule has 0 aliphatic carbocycles. The van der Waals surface area contributed by atoms with Gasteiger partial charge < -0.3 is 0 Å². The van der Waals surface area contributed by atoms with E-state index in [1.54, 1.807) is 4.68 Å². The number of rotatable bonds is 3. The third kappa shape index (κ3) is 2.47. The average molecular weight is 374 g/mol. The van der Waals surface area contributed by atoms with E-state index >= 15 is 0 Å². The van der Waals surface area contributed by atoms with Crippen LogP contribution in [0.2, 0.25) is 0 Å². The molecule has 0 saturated heterocycles. The van der Waals surface area contributed by atoms with E-state index in [-0.39, 0.29) is 5.56 Å². The van der Waals surface area contributed by atoms with E-state index in [4.69, 9.17) is 0 Å². The summed E-state index contributed by atoms with van der Waals surface area (Å²) in [6.45, 7) is 4.08. The zero-order valence-electron chi connectivity index (χ0n) is 10.3. The Kier molecular flexibility index (Phi) is 4.12. The van der Waals surface area contributed by atoms with E-state index in [0.717, 1.165) is 34.3 Å². The molecule has 0 atom stereocenters. The molecular weight excluding hydrogens is 360 g/mol. The lowest BCUT2D eigenvalue weighted by Crippen LogP contribution is -2.15. The zero-order valence-corrected chi connectivity index (χ0v) is 13.4. The van der Waals surface area contributed by atoms with Gasteiger partial charge in [-0.3, -0.25) is 9.89 Å². The Hall–Kier alpha value is -0.810. The van der Waals surface area contributed by atoms with E-state index in [1.165, 1.54) is 0 Å². The number of hydrogen-bond donors (Lipinski definition) is 1. The van der Waals surface area contributed by atoms with Crippen LogP contribution in [0.4, 0.5) is 0 Å². The van der Waals surface area contributed by atoms with Crippen LogP contribution in [0.3, 0.4) is 0 Å². The summed E-state index contributed by atoms with van der Waals surface area (Å²) in [5, 5.41) is 3.17. The second kappa shape index (κ2) is 5.45. The predicted molar refractivity (Wildman–Crippen MR) is 80.5 cm³/mol. The number of nitrogens with one attached hydrogen (secondary N) is 1. The van der Waals surface area contributed by atoms with Gasteiger partial charge in [0, 0.05) is 4.47 Å². The first-order valence-corrected chi connectivity index (χ1v) is 7.39. The van der Waals surface area contributed by atoms with Gasteiger partial charge in [-0.15, -0.1) is 0 Å². The van der Waals surface area contributed by atoms with Crippen molar-refractivity contribution in [3.8, 4) is 5.69 Å². The molecule has 18 heavy (non-hydrogen) atoms. The van der Waals surface area contributed by atoms with Crippen molar-refractivity contribution < 1.29 is 0 Å². The first-order valence-electron chi connectivity index (χ1n) is 5.80. The maximum atomic E-state index is 12.2. The lowest BCUT2D eigenvalue weighted by Gasteiger charge is -2.06. The highest BCUT2D eigenvalue weighted by molar-refractivity contribution is 9.10. The Morgan fingerprint density at radius 1 is 1.33 bits per heavy atom. The summed E-state index contributed by atoms with van der Waals surface area (Å²) in [6, 6.07) is 5.86. The Morgan fingerprint density at radius 2 is 2.06 bits per heavy atom. The molecule has 1 aromatic heterocycles. The minimum absolute atomic E-state index is 0.0381. The molecule has 1 heterocycles. The number of benzene rings is 1. The van der Waals surface area contributed by atoms with Gasteiger partial charge in [0.2, 0.25) is 0 Å². The van der Waals surface area contributed by atoms with Crippen LogP contribution in [-0.4, -0.2) is 9.78 Å². The maximum Gasteiger partial charge on any atom is 0.285 e. The third-order valence-electron chi connectivity index (χ3n) is 2.80. The van der Waals surface area contributed by atoms with Gasteiger partial charge in [-0.2, -0.15) is 0 Å². The molecule has 0 bridgehead atoms. The van der Waals surface area contributed by atoms with Gasteiger partial charge in [0.15, 0.2) is 0 Å². The molecule has 1 N–H and O–H groups in total. The van der Waals surface area contributed by atoms with Crippen molar-refractivity contribution in [3.05, 3.63) is 48.8 Å². The van der Waals surface area contributed by atoms with Crippen LogP contribution in [-0.2, 0) is 6.42 Å². The standard InChI is InChI=1S/C13H14Br2N2O/c1-3-4-10-12(15)13(18)17(16-10)11-6-5-9(14)7-8(11)2/h5-7,16H,3-4H2,1-2H3. The quantitative estimate of drug-likeness (QED) is 0.868. The second-order valence-electron chi connectivity index (χ2n) is 4.23. The Morgan fingerprint density at radius 3 is 2.67 bits per heavy atom. The predicted octanol–water partition coefficient (Wildman–Crippen LogP) is 3.95. The molecule has 0 spiro atoms. The minimum atomic E-state index is -0.0381. The Labute approximate surface area is 122 Å². The molecule has 2 rings (SSSR count). The highest BCUT2D eigenvalue weighted by Gasteiger charge is 2.13. The molecular formula is C13H14Br2N2O. The van der Waals surface area contributed by atoms with E-state index in [9.17, 15) is 4.79 Å². The molecule has 5 heteroatoms. The van der Waals surface area contributed by atoms with Crippen molar-refractivity contribution in [3.63, 3.8) is 0 Å². The van der Waals surface area contributed by atoms with E-state index in [1.807, 2.05) is 25.1 Å². The van der Waals surface area contributed by atoms with Crippen molar-refractivity contribution in [1.82, 2.24) is 9.78 Å². The molecule has 0 aliphatic heterocycles. The van der Waals surface area contributed by atoms with Crippen molar-refractivity contribution in [2.45, 2.75) is 26.7 Å². The molecule has 0 unspecified atom stereocenters. The number of aromatic amines is 1. The number of hydrogen-bond acceptors (Lipinski definition) is 1. The van der Waals surface area contributed by atoms with Crippen LogP contribution in [0.1, 0.15) is 24.6 Å². The fraction of sp³-hybridized carbons (Fsp3) is 0.308. The molecule has 96 valence electrons. The van der Waals surface area contributed by atoms with Crippen molar-refractivity contribution >= 4 is 31.9 Å². The largest absolute Gasteiger partial charge is 0.294 e. The van der Waals surface area contributed by atoms with E-state index < -0.39 is 0 Å². The lowest BCUT2D eigenvalue weighted by molar-refractivity contribution is 0.789. The third-order valence-corrected chi connectivity index (χ3v) is 4.11. The molecule has 2 aromatic rings. The maximum absolute atomic E-state index is 12.2. The van der Waals surface area contributed by atoms with E-state index in [2.05, 4.69) is 43.9 Å². The molecule has 0 fully saturated rings. The average Bonchev–Trinajstić information content (AvgIpc) is 2.58. The van der Waals surface area contributed by atoms with Crippen LogP contribution >= 0.6 is 31.9 Å². The lowest BCUT2D eigenvalue weighted by atomic mass is 10.2. The molecule has 0 saturated carbocycles. The Bertz CT molecular complexity index is 628. The fourth-order valence-corrected chi connectivity index (χ4v) is 2.86. The molecule has 3 nitrogen and oxygen atoms in total. The van der Waals surface area contributed by atoms with Gasteiger partial charge in [0.05, 0.1) is 11.4 Å². The monoisotopic (exact) mass is 372 g/mol. The van der Waals surface area contributed by atoms with Crippen molar-refractivity contribution in [2.24, 2.45) is 0 Å². The number of H-pyrrole nitrogens is 1. The van der Waals surface area contributed by atoms with Crippen LogP contribution in [0.25, 0.3) is 5.69 Å². The highest BCUT2D eigenvalue weighted by atomic mass is 79.9. The summed E-state index contributed by atoms with van der Waals surface area (Å²) >= 11 is 6.79. The van der Waals surface area contributed by atoms with Crippen LogP contribution < -0.4 is 5.56 Å². The number of aromatic nitrogens is 2. The summed E-state index contributed by atoms with van der Waals surface area (Å²) in [5.41, 5.74) is 2.84. The van der Waals surface area contributed by atoms with Crippen LogP contribution in [0.15, 0.2) is 31.9 Å². The molecule has 0 radical (unpaired) electrons. The minimum Gasteiger partial charge on any atom is -0.294 e. The van der Waals surface area contributed by atoms with Gasteiger partial charge in [-0.1, -0.05) is 29.3 Å². The summed E-state index contributed by atoms with van der Waals surface area (Å²) in [7, 11) is 0. The molecule has 1 aromatic carbocycles. The van der Waals surface area contributed by atoms with Crippen molar-refractivity contribution in [1.29, 1.82) is 0 Å². The summed E-state index contributed by atoms with van der Waals surface area (Å²) in [6.07, 6.45) is 1.86. The van der Waals surface area contributed by atoms with Gasteiger partial charge >= 0.3 is 0 Å². The first-order chi connectivity index (χ1) is 8.54. The summed E-state index contributed by atoms with van der Waals surface area (Å²) in [4.78, 5) is 12.2.